The van der Waals surface area contributed by atoms with Crippen molar-refractivity contribution in [2.24, 2.45) is 4.99 Å². The summed E-state index contributed by atoms with van der Waals surface area (Å²) in [5.41, 5.74) is 1.17. The number of hydrogen-bond donors (Lipinski definition) is 2. The second-order valence-corrected chi connectivity index (χ2v) is 7.23. The molecule has 0 aliphatic carbocycles. The molecule has 2 fully saturated rings. The number of carbonyl (C=O) groups is 1. The van der Waals surface area contributed by atoms with Crippen LogP contribution in [-0.4, -0.2) is 60.5 Å². The first-order chi connectivity index (χ1) is 13.2. The van der Waals surface area contributed by atoms with E-state index in [-0.39, 0.29) is 11.9 Å². The fourth-order valence-electron chi connectivity index (χ4n) is 3.69. The molecule has 0 radical (unpaired) electrons. The summed E-state index contributed by atoms with van der Waals surface area (Å²) < 4.78 is 0. The molecule has 2 aliphatic rings. The fourth-order valence-corrected chi connectivity index (χ4v) is 3.69. The maximum absolute atomic E-state index is 11.9. The Bertz CT molecular complexity index is 656. The van der Waals surface area contributed by atoms with E-state index in [2.05, 4.69) is 33.5 Å². The Kier molecular flexibility index (Phi) is 6.90. The van der Waals surface area contributed by atoms with Crippen molar-refractivity contribution in [1.29, 1.82) is 0 Å². The van der Waals surface area contributed by atoms with Crippen molar-refractivity contribution in [3.05, 3.63) is 23.9 Å². The minimum atomic E-state index is 0.229. The van der Waals surface area contributed by atoms with Crippen molar-refractivity contribution in [2.75, 3.05) is 37.6 Å². The van der Waals surface area contributed by atoms with Crippen molar-refractivity contribution < 1.29 is 4.79 Å². The largest absolute Gasteiger partial charge is 0.357 e. The summed E-state index contributed by atoms with van der Waals surface area (Å²) in [6.07, 6.45) is 5.91. The van der Waals surface area contributed by atoms with Crippen molar-refractivity contribution in [3.8, 4) is 0 Å². The third-order valence-electron chi connectivity index (χ3n) is 5.19. The molecule has 1 aromatic heterocycles. The van der Waals surface area contributed by atoms with Crippen LogP contribution in [0.2, 0.25) is 0 Å². The van der Waals surface area contributed by atoms with Gasteiger partial charge in [-0.25, -0.2) is 9.98 Å². The average molecular weight is 373 g/mol. The van der Waals surface area contributed by atoms with E-state index in [9.17, 15) is 4.79 Å². The maximum atomic E-state index is 11.9. The molecule has 0 bridgehead atoms. The first-order valence-corrected chi connectivity index (χ1v) is 10.2. The number of anilines is 1. The highest BCUT2D eigenvalue weighted by Gasteiger charge is 2.25. The Labute approximate surface area is 162 Å². The lowest BCUT2D eigenvalue weighted by Gasteiger charge is -2.19. The van der Waals surface area contributed by atoms with Gasteiger partial charge in [-0.2, -0.15) is 0 Å². The zero-order valence-electron chi connectivity index (χ0n) is 16.6. The first-order valence-electron chi connectivity index (χ1n) is 10.2. The van der Waals surface area contributed by atoms with Gasteiger partial charge in [0.05, 0.1) is 6.54 Å². The van der Waals surface area contributed by atoms with E-state index < -0.39 is 0 Å². The number of guanidine groups is 1. The van der Waals surface area contributed by atoms with Gasteiger partial charge in [0.1, 0.15) is 5.82 Å². The van der Waals surface area contributed by atoms with Crippen LogP contribution in [0.1, 0.15) is 45.1 Å². The van der Waals surface area contributed by atoms with Crippen molar-refractivity contribution in [3.63, 3.8) is 0 Å². The molecular formula is C20H32N6O. The summed E-state index contributed by atoms with van der Waals surface area (Å²) in [5.74, 6) is 2.10. The molecule has 2 saturated heterocycles. The van der Waals surface area contributed by atoms with E-state index in [1.54, 1.807) is 0 Å². The Balaban J connectivity index is 1.59. The molecule has 1 amide bonds. The van der Waals surface area contributed by atoms with E-state index in [1.807, 2.05) is 24.1 Å². The summed E-state index contributed by atoms with van der Waals surface area (Å²) in [7, 11) is 0. The molecule has 2 N–H and O–H groups in total. The predicted molar refractivity (Wildman–Crippen MR) is 109 cm³/mol. The minimum Gasteiger partial charge on any atom is -0.357 e. The van der Waals surface area contributed by atoms with Crippen LogP contribution in [0.3, 0.4) is 0 Å². The van der Waals surface area contributed by atoms with E-state index >= 15 is 0 Å². The lowest BCUT2D eigenvalue weighted by Crippen LogP contribution is -2.45. The molecule has 3 rings (SSSR count). The van der Waals surface area contributed by atoms with Gasteiger partial charge in [-0.05, 0) is 43.9 Å². The molecule has 3 heterocycles. The zero-order chi connectivity index (χ0) is 19.1. The smallest absolute Gasteiger partial charge is 0.222 e. The topological polar surface area (TPSA) is 72.9 Å². The Morgan fingerprint density at radius 2 is 2.11 bits per heavy atom. The van der Waals surface area contributed by atoms with Gasteiger partial charge in [0.15, 0.2) is 5.96 Å². The number of carbonyl (C=O) groups excluding carboxylic acids is 1. The van der Waals surface area contributed by atoms with Gasteiger partial charge < -0.3 is 20.4 Å². The highest BCUT2D eigenvalue weighted by atomic mass is 16.2. The summed E-state index contributed by atoms with van der Waals surface area (Å²) >= 11 is 0. The number of amides is 1. The maximum Gasteiger partial charge on any atom is 0.222 e. The second kappa shape index (κ2) is 9.58. The summed E-state index contributed by atoms with van der Waals surface area (Å²) in [6, 6.07) is 4.44. The SMILES string of the molecule is CCNC(=NCc1ccnc(N2CCCC2)c1)NC1CCN(C(=O)CC)C1. The van der Waals surface area contributed by atoms with Crippen LogP contribution >= 0.6 is 0 Å². The third-order valence-corrected chi connectivity index (χ3v) is 5.19. The third kappa shape index (κ3) is 5.34. The predicted octanol–water partition coefficient (Wildman–Crippen LogP) is 1.75. The van der Waals surface area contributed by atoms with Crippen LogP contribution in [0.25, 0.3) is 0 Å². The van der Waals surface area contributed by atoms with Crippen molar-refractivity contribution >= 4 is 17.7 Å². The number of aliphatic imine (C=N–C) groups is 1. The number of pyridine rings is 1. The molecular weight excluding hydrogens is 340 g/mol. The Morgan fingerprint density at radius 3 is 2.85 bits per heavy atom. The number of nitrogens with one attached hydrogen (secondary N) is 2. The standard InChI is InChI=1S/C20H32N6O/c1-3-19(27)26-12-8-17(15-26)24-20(21-4-2)23-14-16-7-9-22-18(13-16)25-10-5-6-11-25/h7,9,13,17H,3-6,8,10-12,14-15H2,1-2H3,(H2,21,23,24). The summed E-state index contributed by atoms with van der Waals surface area (Å²) in [4.78, 5) is 25.4. The number of hydrogen-bond acceptors (Lipinski definition) is 4. The van der Waals surface area contributed by atoms with Crippen molar-refractivity contribution in [1.82, 2.24) is 20.5 Å². The van der Waals surface area contributed by atoms with Crippen LogP contribution < -0.4 is 15.5 Å². The van der Waals surface area contributed by atoms with Gasteiger partial charge in [-0.1, -0.05) is 6.92 Å². The molecule has 1 aromatic rings. The van der Waals surface area contributed by atoms with Crippen LogP contribution in [0.4, 0.5) is 5.82 Å². The Morgan fingerprint density at radius 1 is 1.30 bits per heavy atom. The van der Waals surface area contributed by atoms with E-state index in [4.69, 9.17) is 4.99 Å². The second-order valence-electron chi connectivity index (χ2n) is 7.23. The lowest BCUT2D eigenvalue weighted by atomic mass is 10.2. The molecule has 0 saturated carbocycles. The van der Waals surface area contributed by atoms with Gasteiger partial charge in [0.2, 0.25) is 5.91 Å². The number of nitrogens with zero attached hydrogens (tertiary/aromatic N) is 4. The number of likely N-dealkylation sites (tertiary alicyclic amines) is 1. The molecule has 1 unspecified atom stereocenters. The number of aromatic nitrogens is 1. The molecule has 27 heavy (non-hydrogen) atoms. The molecule has 0 spiro atoms. The van der Waals surface area contributed by atoms with E-state index in [0.29, 0.717) is 13.0 Å². The number of rotatable bonds is 6. The van der Waals surface area contributed by atoms with Gasteiger partial charge >= 0.3 is 0 Å². The van der Waals surface area contributed by atoms with E-state index in [0.717, 1.165) is 50.9 Å². The normalized spacial score (nSPS) is 20.2. The quantitative estimate of drug-likeness (QED) is 0.588. The lowest BCUT2D eigenvalue weighted by molar-refractivity contribution is -0.129. The summed E-state index contributed by atoms with van der Waals surface area (Å²) in [6.45, 7) is 9.18. The van der Waals surface area contributed by atoms with Crippen LogP contribution in [0.5, 0.6) is 0 Å². The zero-order valence-corrected chi connectivity index (χ0v) is 16.6. The van der Waals surface area contributed by atoms with Gasteiger partial charge in [-0.3, -0.25) is 4.79 Å². The highest BCUT2D eigenvalue weighted by Crippen LogP contribution is 2.18. The van der Waals surface area contributed by atoms with Gasteiger partial charge in [0, 0.05) is 51.4 Å². The highest BCUT2D eigenvalue weighted by molar-refractivity contribution is 5.80. The molecule has 0 aromatic carbocycles. The van der Waals surface area contributed by atoms with Crippen LogP contribution in [-0.2, 0) is 11.3 Å². The molecule has 7 heteroatoms. The molecule has 7 nitrogen and oxygen atoms in total. The Hall–Kier alpha value is -2.31. The molecule has 148 valence electrons. The van der Waals surface area contributed by atoms with Crippen LogP contribution in [0, 0.1) is 0 Å². The fraction of sp³-hybridized carbons (Fsp3) is 0.650. The van der Waals surface area contributed by atoms with Gasteiger partial charge in [0.25, 0.3) is 0 Å². The monoisotopic (exact) mass is 372 g/mol. The van der Waals surface area contributed by atoms with Crippen molar-refractivity contribution in [2.45, 2.75) is 52.1 Å². The van der Waals surface area contributed by atoms with E-state index in [1.165, 1.54) is 18.4 Å². The summed E-state index contributed by atoms with van der Waals surface area (Å²) in [5, 5.41) is 6.80. The molecule has 2 aliphatic heterocycles. The van der Waals surface area contributed by atoms with Crippen LogP contribution in [0.15, 0.2) is 23.3 Å². The minimum absolute atomic E-state index is 0.229. The van der Waals surface area contributed by atoms with Gasteiger partial charge in [-0.15, -0.1) is 0 Å². The average Bonchev–Trinajstić information content (AvgIpc) is 3.38. The first kappa shape index (κ1) is 19.5. The molecule has 1 atom stereocenters.